The number of benzene rings is 2. The molecule has 1 N–H and O–H groups in total. The van der Waals surface area contributed by atoms with Gasteiger partial charge in [-0.05, 0) is 54.8 Å². The van der Waals surface area contributed by atoms with Crippen molar-refractivity contribution in [1.82, 2.24) is 19.4 Å². The Morgan fingerprint density at radius 3 is 2.57 bits per heavy atom. The van der Waals surface area contributed by atoms with Gasteiger partial charge in [-0.15, -0.1) is 0 Å². The molecule has 9 nitrogen and oxygen atoms in total. The summed E-state index contributed by atoms with van der Waals surface area (Å²) in [5, 5.41) is 21.5. The highest BCUT2D eigenvalue weighted by atomic mass is 35.5. The summed E-state index contributed by atoms with van der Waals surface area (Å²) >= 11 is 6.24. The normalized spacial score (nSPS) is 20.9. The van der Waals surface area contributed by atoms with Gasteiger partial charge in [-0.2, -0.15) is 5.26 Å². The zero-order valence-corrected chi connectivity index (χ0v) is 24.9. The highest BCUT2D eigenvalue weighted by Crippen LogP contribution is 2.50. The van der Waals surface area contributed by atoms with Crippen molar-refractivity contribution in [2.24, 2.45) is 7.05 Å². The molecular formula is C33H29ClFN5O4. The first-order valence-corrected chi connectivity index (χ1v) is 14.6. The van der Waals surface area contributed by atoms with Crippen LogP contribution in [-0.2, 0) is 34.4 Å². The van der Waals surface area contributed by atoms with Gasteiger partial charge in [-0.1, -0.05) is 30.7 Å². The van der Waals surface area contributed by atoms with Crippen molar-refractivity contribution >= 4 is 23.3 Å². The van der Waals surface area contributed by atoms with Crippen LogP contribution in [0.2, 0.25) is 5.02 Å². The van der Waals surface area contributed by atoms with Gasteiger partial charge in [0.15, 0.2) is 0 Å². The van der Waals surface area contributed by atoms with Crippen LogP contribution < -0.4 is 0 Å². The Morgan fingerprint density at radius 2 is 1.98 bits per heavy atom. The SMILES string of the molecule is CC[C@@](O)(c1cc(F)c2c(c1)C(=O)N(Cc1ccc(C#N)cn1)[C@@]2(O[C@@H]1CCC(=O)C1)c1ccc(Cl)cc1)c1cn(C)cn1. The molecule has 0 unspecified atom stereocenters. The fourth-order valence-corrected chi connectivity index (χ4v) is 6.29. The number of Topliss-reactive ketones (excluding diaryl/α,β-unsaturated/α-hetero) is 1. The van der Waals surface area contributed by atoms with Crippen LogP contribution in [0.3, 0.4) is 0 Å². The van der Waals surface area contributed by atoms with Crippen LogP contribution >= 0.6 is 11.6 Å². The third kappa shape index (κ3) is 4.87. The summed E-state index contributed by atoms with van der Waals surface area (Å²) in [6, 6.07) is 14.6. The van der Waals surface area contributed by atoms with Crippen LogP contribution in [0.1, 0.15) is 76.6 Å². The predicted molar refractivity (Wildman–Crippen MR) is 158 cm³/mol. The number of aryl methyl sites for hydroxylation is 1. The molecule has 0 spiro atoms. The Labute approximate surface area is 258 Å². The lowest BCUT2D eigenvalue weighted by Crippen LogP contribution is -2.48. The number of ketones is 1. The average molecular weight is 614 g/mol. The summed E-state index contributed by atoms with van der Waals surface area (Å²) in [4.78, 5) is 36.9. The molecule has 224 valence electrons. The third-order valence-electron chi connectivity index (χ3n) is 8.45. The second-order valence-electron chi connectivity index (χ2n) is 11.2. The number of carbonyl (C=O) groups excluding carboxylic acids is 2. The van der Waals surface area contributed by atoms with E-state index < -0.39 is 29.2 Å². The maximum atomic E-state index is 16.8. The van der Waals surface area contributed by atoms with Gasteiger partial charge in [-0.3, -0.25) is 19.5 Å². The van der Waals surface area contributed by atoms with E-state index in [1.54, 1.807) is 67.5 Å². The molecule has 1 saturated carbocycles. The number of pyridine rings is 1. The number of imidazole rings is 1. The van der Waals surface area contributed by atoms with Crippen LogP contribution in [0.4, 0.5) is 4.39 Å². The fourth-order valence-electron chi connectivity index (χ4n) is 6.16. The van der Waals surface area contributed by atoms with E-state index in [1.165, 1.54) is 23.2 Å². The first-order valence-electron chi connectivity index (χ1n) is 14.3. The van der Waals surface area contributed by atoms with Crippen LogP contribution in [-0.4, -0.2) is 42.3 Å². The van der Waals surface area contributed by atoms with Gasteiger partial charge in [-0.25, -0.2) is 9.37 Å². The molecule has 1 aliphatic heterocycles. The number of aromatic nitrogens is 3. The van der Waals surface area contributed by atoms with Crippen LogP contribution in [0.25, 0.3) is 0 Å². The molecule has 11 heteroatoms. The number of hydrogen-bond donors (Lipinski definition) is 1. The van der Waals surface area contributed by atoms with Gasteiger partial charge >= 0.3 is 0 Å². The summed E-state index contributed by atoms with van der Waals surface area (Å²) in [7, 11) is 1.76. The molecule has 3 atom stereocenters. The smallest absolute Gasteiger partial charge is 0.257 e. The summed E-state index contributed by atoms with van der Waals surface area (Å²) in [5.41, 5.74) is -1.78. The Hall–Kier alpha value is -4.43. The number of nitriles is 1. The third-order valence-corrected chi connectivity index (χ3v) is 8.70. The Bertz CT molecular complexity index is 1800. The summed E-state index contributed by atoms with van der Waals surface area (Å²) in [6.07, 6.45) is 5.01. The molecular weight excluding hydrogens is 585 g/mol. The van der Waals surface area contributed by atoms with Gasteiger partial charge in [0.2, 0.25) is 5.72 Å². The van der Waals surface area contributed by atoms with E-state index in [2.05, 4.69) is 9.97 Å². The van der Waals surface area contributed by atoms with Crippen molar-refractivity contribution in [3.63, 3.8) is 0 Å². The molecule has 2 aromatic heterocycles. The lowest BCUT2D eigenvalue weighted by atomic mass is 9.84. The minimum absolute atomic E-state index is 0.00993. The minimum atomic E-state index is -1.79. The zero-order valence-electron chi connectivity index (χ0n) is 24.1. The number of rotatable bonds is 8. The number of aliphatic hydroxyl groups is 1. The van der Waals surface area contributed by atoms with Crippen LogP contribution in [0.15, 0.2) is 67.3 Å². The lowest BCUT2D eigenvalue weighted by Gasteiger charge is -2.41. The molecule has 6 rings (SSSR count). The summed E-state index contributed by atoms with van der Waals surface area (Å²) < 4.78 is 25.2. The molecule has 1 fully saturated rings. The minimum Gasteiger partial charge on any atom is -0.379 e. The monoisotopic (exact) mass is 613 g/mol. The van der Waals surface area contributed by atoms with E-state index in [4.69, 9.17) is 16.3 Å². The largest absolute Gasteiger partial charge is 0.379 e. The van der Waals surface area contributed by atoms with E-state index in [0.717, 1.165) is 0 Å². The molecule has 1 aliphatic carbocycles. The number of amides is 1. The first-order chi connectivity index (χ1) is 21.1. The number of carbonyl (C=O) groups is 2. The lowest BCUT2D eigenvalue weighted by molar-refractivity contribution is -0.149. The second-order valence-corrected chi connectivity index (χ2v) is 11.7. The molecule has 2 aliphatic rings. The molecule has 0 radical (unpaired) electrons. The summed E-state index contributed by atoms with van der Waals surface area (Å²) in [6.45, 7) is 1.65. The van der Waals surface area contributed by atoms with E-state index in [-0.39, 0.29) is 41.9 Å². The predicted octanol–water partition coefficient (Wildman–Crippen LogP) is 5.12. The van der Waals surface area contributed by atoms with Gasteiger partial charge < -0.3 is 14.4 Å². The van der Waals surface area contributed by atoms with Crippen LogP contribution in [0.5, 0.6) is 0 Å². The average Bonchev–Trinajstić information content (AvgIpc) is 3.71. The van der Waals surface area contributed by atoms with E-state index in [0.29, 0.717) is 40.4 Å². The standard InChI is InChI=1S/C33H29ClFN5O4/c1-3-32(43,29-18-39(2)19-38-29)22-12-27-30(28(35)13-22)33(21-5-7-23(34)8-6-21,44-26-11-10-25(41)14-26)40(31(27)42)17-24-9-4-20(15-36)16-37-24/h4-9,12-13,16,18-19,26,43H,3,10-11,14,17H2,1-2H3/t26-,32-,33-/m1/s1. The van der Waals surface area contributed by atoms with Crippen molar-refractivity contribution in [3.8, 4) is 6.07 Å². The van der Waals surface area contributed by atoms with Crippen molar-refractivity contribution in [1.29, 1.82) is 5.26 Å². The van der Waals surface area contributed by atoms with Crippen molar-refractivity contribution in [2.45, 2.75) is 56.6 Å². The molecule has 3 heterocycles. The number of nitrogens with zero attached hydrogens (tertiary/aromatic N) is 5. The molecule has 1 amide bonds. The number of ether oxygens (including phenoxy) is 1. The molecule has 0 saturated heterocycles. The van der Waals surface area contributed by atoms with Gasteiger partial charge in [0.05, 0.1) is 47.1 Å². The van der Waals surface area contributed by atoms with Crippen LogP contribution in [0, 0.1) is 17.1 Å². The summed E-state index contributed by atoms with van der Waals surface area (Å²) in [5.74, 6) is -1.29. The van der Waals surface area contributed by atoms with E-state index in [1.807, 2.05) is 6.07 Å². The van der Waals surface area contributed by atoms with Crippen molar-refractivity contribution in [3.05, 3.63) is 117 Å². The number of fused-ring (bicyclic) bond motifs is 1. The maximum Gasteiger partial charge on any atom is 0.257 e. The molecule has 0 bridgehead atoms. The van der Waals surface area contributed by atoms with Crippen molar-refractivity contribution in [2.75, 3.05) is 0 Å². The number of halogens is 2. The second kappa shape index (κ2) is 11.2. The zero-order chi connectivity index (χ0) is 31.2. The Morgan fingerprint density at radius 1 is 1.20 bits per heavy atom. The molecule has 4 aromatic rings. The highest BCUT2D eigenvalue weighted by Gasteiger charge is 2.56. The van der Waals surface area contributed by atoms with E-state index >= 15 is 4.39 Å². The topological polar surface area (TPSA) is 121 Å². The van der Waals surface area contributed by atoms with Gasteiger partial charge in [0, 0.05) is 42.9 Å². The molecule has 2 aromatic carbocycles. The van der Waals surface area contributed by atoms with E-state index in [9.17, 15) is 20.0 Å². The maximum absolute atomic E-state index is 16.8. The fraction of sp³-hybridized carbons (Fsp3) is 0.303. The quantitative estimate of drug-likeness (QED) is 0.293. The Kier molecular flexibility index (Phi) is 7.58. The number of hydrogen-bond acceptors (Lipinski definition) is 7. The highest BCUT2D eigenvalue weighted by molar-refractivity contribution is 6.30. The first kappa shape index (κ1) is 29.6. The Balaban J connectivity index is 1.58. The molecule has 44 heavy (non-hydrogen) atoms. The van der Waals surface area contributed by atoms with Crippen molar-refractivity contribution < 1.29 is 23.8 Å². The van der Waals surface area contributed by atoms with Gasteiger partial charge in [0.25, 0.3) is 5.91 Å². The van der Waals surface area contributed by atoms with Gasteiger partial charge in [0.1, 0.15) is 23.3 Å².